The minimum atomic E-state index is -3.09. The highest BCUT2D eigenvalue weighted by Crippen LogP contribution is 2.39. The van der Waals surface area contributed by atoms with Gasteiger partial charge in [0.1, 0.15) is 6.42 Å². The molecule has 0 aliphatic carbocycles. The van der Waals surface area contributed by atoms with E-state index in [1.54, 1.807) is 12.1 Å². The molecule has 2 unspecified atom stereocenters. The molecule has 0 aromatic heterocycles. The predicted octanol–water partition coefficient (Wildman–Crippen LogP) is 1.85. The number of hydrogen-bond donors (Lipinski definition) is 0. The standard InChI is InChI=1S/C15H14ClN3O3S2/c16-11-4-2-1-3-10(11)7-19-12-8-24(21,22)9-13(12)23-15(19)18-14(20)5-6-17/h1-4,12-13H,5,7-9H2. The van der Waals surface area contributed by atoms with Gasteiger partial charge in [0.25, 0.3) is 5.91 Å². The molecule has 24 heavy (non-hydrogen) atoms. The van der Waals surface area contributed by atoms with E-state index in [2.05, 4.69) is 4.99 Å². The van der Waals surface area contributed by atoms with Crippen molar-refractivity contribution in [3.05, 3.63) is 34.9 Å². The van der Waals surface area contributed by atoms with Crippen LogP contribution in [0.4, 0.5) is 0 Å². The molecule has 0 bridgehead atoms. The van der Waals surface area contributed by atoms with Crippen LogP contribution in [0.15, 0.2) is 29.3 Å². The number of hydrogen-bond acceptors (Lipinski definition) is 5. The maximum Gasteiger partial charge on any atom is 0.262 e. The lowest BCUT2D eigenvalue weighted by Crippen LogP contribution is -2.37. The lowest BCUT2D eigenvalue weighted by Gasteiger charge is -2.24. The third-order valence-electron chi connectivity index (χ3n) is 3.92. The fraction of sp³-hybridized carbons (Fsp3) is 0.400. The summed E-state index contributed by atoms with van der Waals surface area (Å²) in [7, 11) is -3.09. The summed E-state index contributed by atoms with van der Waals surface area (Å²) in [6, 6.07) is 8.84. The second kappa shape index (κ2) is 6.75. The summed E-state index contributed by atoms with van der Waals surface area (Å²) in [5, 5.41) is 9.52. The Labute approximate surface area is 149 Å². The molecule has 2 heterocycles. The van der Waals surface area contributed by atoms with Gasteiger partial charge in [0.05, 0.1) is 23.6 Å². The zero-order valence-electron chi connectivity index (χ0n) is 12.6. The number of carbonyl (C=O) groups is 1. The Bertz CT molecular complexity index is 848. The summed E-state index contributed by atoms with van der Waals surface area (Å²) in [6.07, 6.45) is -0.294. The van der Waals surface area contributed by atoms with Gasteiger partial charge in [-0.3, -0.25) is 4.79 Å². The van der Waals surface area contributed by atoms with Crippen LogP contribution < -0.4 is 0 Å². The lowest BCUT2D eigenvalue weighted by molar-refractivity contribution is -0.116. The summed E-state index contributed by atoms with van der Waals surface area (Å²) in [4.78, 5) is 17.6. The van der Waals surface area contributed by atoms with Crippen molar-refractivity contribution in [1.29, 1.82) is 5.26 Å². The number of benzene rings is 1. The molecule has 2 fully saturated rings. The van der Waals surface area contributed by atoms with E-state index >= 15 is 0 Å². The van der Waals surface area contributed by atoms with Crippen molar-refractivity contribution in [3.63, 3.8) is 0 Å². The molecule has 0 saturated carbocycles. The van der Waals surface area contributed by atoms with Crippen molar-refractivity contribution in [2.75, 3.05) is 11.5 Å². The van der Waals surface area contributed by atoms with Crippen molar-refractivity contribution in [3.8, 4) is 6.07 Å². The number of amidine groups is 1. The zero-order valence-corrected chi connectivity index (χ0v) is 14.9. The Morgan fingerprint density at radius 3 is 2.88 bits per heavy atom. The fourth-order valence-corrected chi connectivity index (χ4v) is 7.01. The summed E-state index contributed by atoms with van der Waals surface area (Å²) in [5.41, 5.74) is 0.838. The van der Waals surface area contributed by atoms with E-state index in [4.69, 9.17) is 16.9 Å². The van der Waals surface area contributed by atoms with Crippen LogP contribution in [0.5, 0.6) is 0 Å². The normalized spacial score (nSPS) is 26.3. The predicted molar refractivity (Wildman–Crippen MR) is 93.5 cm³/mol. The number of thioether (sulfide) groups is 1. The maximum atomic E-state index is 11.9. The molecule has 1 aromatic rings. The molecule has 2 aliphatic heterocycles. The number of fused-ring (bicyclic) bond motifs is 1. The number of halogens is 1. The number of rotatable bonds is 3. The quantitative estimate of drug-likeness (QED) is 0.791. The number of carbonyl (C=O) groups excluding carboxylic acids is 1. The molecule has 126 valence electrons. The lowest BCUT2D eigenvalue weighted by atomic mass is 10.1. The van der Waals surface area contributed by atoms with Crippen molar-refractivity contribution in [2.45, 2.75) is 24.3 Å². The van der Waals surface area contributed by atoms with Crippen LogP contribution in [0, 0.1) is 11.3 Å². The number of amides is 1. The molecule has 0 spiro atoms. The Morgan fingerprint density at radius 1 is 1.42 bits per heavy atom. The van der Waals surface area contributed by atoms with Gasteiger partial charge in [0.15, 0.2) is 15.0 Å². The summed E-state index contributed by atoms with van der Waals surface area (Å²) < 4.78 is 23.8. The van der Waals surface area contributed by atoms with E-state index in [1.165, 1.54) is 11.8 Å². The summed E-state index contributed by atoms with van der Waals surface area (Å²) in [6.45, 7) is 0.377. The Hall–Kier alpha value is -1.56. The van der Waals surface area contributed by atoms with Gasteiger partial charge in [-0.15, -0.1) is 0 Å². The first kappa shape index (κ1) is 17.3. The molecular weight excluding hydrogens is 370 g/mol. The third-order valence-corrected chi connectivity index (χ3v) is 7.54. The molecule has 6 nitrogen and oxygen atoms in total. The van der Waals surface area contributed by atoms with E-state index in [0.29, 0.717) is 16.7 Å². The average molecular weight is 384 g/mol. The van der Waals surface area contributed by atoms with Gasteiger partial charge in [-0.25, -0.2) is 8.42 Å². The molecule has 0 N–H and O–H groups in total. The molecule has 0 radical (unpaired) electrons. The largest absolute Gasteiger partial charge is 0.342 e. The van der Waals surface area contributed by atoms with Gasteiger partial charge in [0.2, 0.25) is 0 Å². The van der Waals surface area contributed by atoms with Crippen LogP contribution in [0.2, 0.25) is 5.02 Å². The first-order chi connectivity index (χ1) is 11.4. The zero-order chi connectivity index (χ0) is 17.3. The van der Waals surface area contributed by atoms with E-state index in [-0.39, 0.29) is 29.2 Å². The first-order valence-corrected chi connectivity index (χ1v) is 10.3. The van der Waals surface area contributed by atoms with Crippen LogP contribution in [0.25, 0.3) is 0 Å². The van der Waals surface area contributed by atoms with Gasteiger partial charge in [-0.2, -0.15) is 10.3 Å². The second-order valence-electron chi connectivity index (χ2n) is 5.64. The summed E-state index contributed by atoms with van der Waals surface area (Å²) in [5.74, 6) is -0.403. The van der Waals surface area contributed by atoms with Crippen molar-refractivity contribution < 1.29 is 13.2 Å². The SMILES string of the molecule is N#CCC(=O)N=C1SC2CS(=O)(=O)CC2N1Cc1ccccc1Cl. The molecule has 2 atom stereocenters. The highest BCUT2D eigenvalue weighted by Gasteiger charge is 2.48. The Morgan fingerprint density at radius 2 is 2.17 bits per heavy atom. The molecular formula is C15H14ClN3O3S2. The molecule has 2 saturated heterocycles. The van der Waals surface area contributed by atoms with Crippen molar-refractivity contribution in [2.24, 2.45) is 4.99 Å². The fourth-order valence-electron chi connectivity index (χ4n) is 2.84. The minimum Gasteiger partial charge on any atom is -0.342 e. The van der Waals surface area contributed by atoms with E-state index < -0.39 is 15.7 Å². The molecule has 3 rings (SSSR count). The highest BCUT2D eigenvalue weighted by molar-refractivity contribution is 8.15. The number of aliphatic imine (C=N–C) groups is 1. The first-order valence-electron chi connectivity index (χ1n) is 7.25. The number of nitriles is 1. The van der Waals surface area contributed by atoms with Gasteiger partial charge < -0.3 is 4.90 Å². The second-order valence-corrected chi connectivity index (χ2v) is 9.41. The molecule has 1 amide bonds. The van der Waals surface area contributed by atoms with Crippen LogP contribution in [0.3, 0.4) is 0 Å². The third kappa shape index (κ3) is 3.58. The number of nitrogens with zero attached hydrogens (tertiary/aromatic N) is 3. The molecule has 1 aromatic carbocycles. The Kier molecular flexibility index (Phi) is 4.85. The van der Waals surface area contributed by atoms with E-state index in [1.807, 2.05) is 23.1 Å². The highest BCUT2D eigenvalue weighted by atomic mass is 35.5. The smallest absolute Gasteiger partial charge is 0.262 e. The topological polar surface area (TPSA) is 90.6 Å². The molecule has 9 heteroatoms. The van der Waals surface area contributed by atoms with Crippen molar-refractivity contribution >= 4 is 44.3 Å². The van der Waals surface area contributed by atoms with Crippen LogP contribution in [0.1, 0.15) is 12.0 Å². The van der Waals surface area contributed by atoms with Crippen LogP contribution in [-0.4, -0.2) is 47.2 Å². The van der Waals surface area contributed by atoms with Gasteiger partial charge in [0, 0.05) is 16.8 Å². The van der Waals surface area contributed by atoms with E-state index in [9.17, 15) is 13.2 Å². The Balaban J connectivity index is 1.91. The number of sulfone groups is 1. The molecule has 2 aliphatic rings. The maximum absolute atomic E-state index is 11.9. The summed E-state index contributed by atoms with van der Waals surface area (Å²) >= 11 is 7.50. The van der Waals surface area contributed by atoms with Gasteiger partial charge in [-0.05, 0) is 11.6 Å². The van der Waals surface area contributed by atoms with Crippen molar-refractivity contribution in [1.82, 2.24) is 4.90 Å². The van der Waals surface area contributed by atoms with Crippen LogP contribution in [-0.2, 0) is 21.2 Å². The average Bonchev–Trinajstić information content (AvgIpc) is 2.94. The van der Waals surface area contributed by atoms with Gasteiger partial charge >= 0.3 is 0 Å². The minimum absolute atomic E-state index is 0.0422. The van der Waals surface area contributed by atoms with Crippen LogP contribution >= 0.6 is 23.4 Å². The van der Waals surface area contributed by atoms with E-state index in [0.717, 1.165) is 5.56 Å². The van der Waals surface area contributed by atoms with Gasteiger partial charge in [-0.1, -0.05) is 41.6 Å². The monoisotopic (exact) mass is 383 g/mol.